The SMILES string of the molecule is Nc1nc(N2CCN(c3ccc(O)cc3)CC2)nc2c1ccn2-c1cccnc1. The Bertz CT molecular complexity index is 1130. The van der Waals surface area contributed by atoms with Gasteiger partial charge in [-0.25, -0.2) is 0 Å². The van der Waals surface area contributed by atoms with Crippen molar-refractivity contribution in [3.63, 3.8) is 0 Å². The molecule has 0 spiro atoms. The third kappa shape index (κ3) is 3.18. The zero-order valence-corrected chi connectivity index (χ0v) is 15.8. The average molecular weight is 387 g/mol. The van der Waals surface area contributed by atoms with Crippen LogP contribution < -0.4 is 15.5 Å². The van der Waals surface area contributed by atoms with Crippen LogP contribution in [0.25, 0.3) is 16.7 Å². The molecular formula is C21H21N7O. The fourth-order valence-electron chi connectivity index (χ4n) is 3.70. The van der Waals surface area contributed by atoms with E-state index < -0.39 is 0 Å². The number of anilines is 3. The van der Waals surface area contributed by atoms with E-state index in [1.54, 1.807) is 24.5 Å². The number of piperazine rings is 1. The number of aromatic hydroxyl groups is 1. The van der Waals surface area contributed by atoms with E-state index >= 15 is 0 Å². The lowest BCUT2D eigenvalue weighted by Gasteiger charge is -2.36. The molecule has 1 aliphatic rings. The lowest BCUT2D eigenvalue weighted by Crippen LogP contribution is -2.47. The van der Waals surface area contributed by atoms with E-state index in [0.29, 0.717) is 11.8 Å². The Kier molecular flexibility index (Phi) is 4.16. The number of benzene rings is 1. The Morgan fingerprint density at radius 3 is 2.34 bits per heavy atom. The maximum atomic E-state index is 9.48. The number of hydrogen-bond donors (Lipinski definition) is 2. The summed E-state index contributed by atoms with van der Waals surface area (Å²) in [6.07, 6.45) is 5.49. The number of hydrogen-bond acceptors (Lipinski definition) is 7. The summed E-state index contributed by atoms with van der Waals surface area (Å²) in [5.41, 5.74) is 9.06. The summed E-state index contributed by atoms with van der Waals surface area (Å²) in [6.45, 7) is 3.27. The molecule has 0 saturated carbocycles. The first-order valence-electron chi connectivity index (χ1n) is 9.53. The highest BCUT2D eigenvalue weighted by Crippen LogP contribution is 2.26. The summed E-state index contributed by atoms with van der Waals surface area (Å²) < 4.78 is 1.98. The first-order valence-corrected chi connectivity index (χ1v) is 9.53. The van der Waals surface area contributed by atoms with Crippen LogP contribution in [0.3, 0.4) is 0 Å². The summed E-state index contributed by atoms with van der Waals surface area (Å²) in [4.78, 5) is 18.0. The van der Waals surface area contributed by atoms with Crippen LogP contribution >= 0.6 is 0 Å². The maximum Gasteiger partial charge on any atom is 0.229 e. The van der Waals surface area contributed by atoms with Crippen LogP contribution in [0.4, 0.5) is 17.5 Å². The Morgan fingerprint density at radius 2 is 1.62 bits per heavy atom. The average Bonchev–Trinajstić information content (AvgIpc) is 3.20. The van der Waals surface area contributed by atoms with Crippen LogP contribution in [-0.4, -0.2) is 50.8 Å². The van der Waals surface area contributed by atoms with Crippen molar-refractivity contribution >= 4 is 28.5 Å². The fourth-order valence-corrected chi connectivity index (χ4v) is 3.70. The van der Waals surface area contributed by atoms with E-state index in [0.717, 1.165) is 48.6 Å². The van der Waals surface area contributed by atoms with Crippen molar-refractivity contribution in [2.45, 2.75) is 0 Å². The van der Waals surface area contributed by atoms with Gasteiger partial charge in [-0.2, -0.15) is 9.97 Å². The van der Waals surface area contributed by atoms with Gasteiger partial charge in [0.05, 0.1) is 17.3 Å². The second-order valence-corrected chi connectivity index (χ2v) is 7.03. The number of nitrogens with two attached hydrogens (primary N) is 1. The zero-order chi connectivity index (χ0) is 19.8. The molecule has 5 rings (SSSR count). The minimum Gasteiger partial charge on any atom is -0.508 e. The number of fused-ring (bicyclic) bond motifs is 1. The molecule has 0 bridgehead atoms. The Morgan fingerprint density at radius 1 is 0.862 bits per heavy atom. The first kappa shape index (κ1) is 17.3. The summed E-state index contributed by atoms with van der Waals surface area (Å²) in [5.74, 6) is 1.40. The third-order valence-corrected chi connectivity index (χ3v) is 5.26. The molecule has 1 saturated heterocycles. The smallest absolute Gasteiger partial charge is 0.229 e. The molecule has 4 heterocycles. The van der Waals surface area contributed by atoms with E-state index in [1.165, 1.54) is 0 Å². The number of aromatic nitrogens is 4. The van der Waals surface area contributed by atoms with Crippen molar-refractivity contribution < 1.29 is 5.11 Å². The van der Waals surface area contributed by atoms with E-state index in [1.807, 2.05) is 41.1 Å². The van der Waals surface area contributed by atoms with Gasteiger partial charge in [0.1, 0.15) is 11.6 Å². The van der Waals surface area contributed by atoms with Crippen LogP contribution in [-0.2, 0) is 0 Å². The van der Waals surface area contributed by atoms with Gasteiger partial charge in [-0.05, 0) is 42.5 Å². The summed E-state index contributed by atoms with van der Waals surface area (Å²) in [6, 6.07) is 13.1. The van der Waals surface area contributed by atoms with E-state index in [4.69, 9.17) is 10.7 Å². The highest BCUT2D eigenvalue weighted by Gasteiger charge is 2.21. The number of phenols is 1. The molecule has 1 aromatic carbocycles. The van der Waals surface area contributed by atoms with Crippen molar-refractivity contribution in [3.8, 4) is 11.4 Å². The second-order valence-electron chi connectivity index (χ2n) is 7.03. The molecule has 8 heteroatoms. The van der Waals surface area contributed by atoms with Crippen molar-refractivity contribution in [2.75, 3.05) is 41.7 Å². The van der Waals surface area contributed by atoms with Gasteiger partial charge >= 0.3 is 0 Å². The van der Waals surface area contributed by atoms with Crippen LogP contribution in [0.2, 0.25) is 0 Å². The maximum absolute atomic E-state index is 9.48. The molecule has 29 heavy (non-hydrogen) atoms. The topological polar surface area (TPSA) is 96.3 Å². The molecule has 146 valence electrons. The molecule has 0 aliphatic carbocycles. The predicted molar refractivity (Wildman–Crippen MR) is 114 cm³/mol. The lowest BCUT2D eigenvalue weighted by molar-refractivity contribution is 0.475. The van der Waals surface area contributed by atoms with Crippen LogP contribution in [0.5, 0.6) is 5.75 Å². The minimum atomic E-state index is 0.279. The largest absolute Gasteiger partial charge is 0.508 e. The van der Waals surface area contributed by atoms with Crippen LogP contribution in [0, 0.1) is 0 Å². The van der Waals surface area contributed by atoms with Gasteiger partial charge in [0.25, 0.3) is 0 Å². The number of rotatable bonds is 3. The summed E-state index contributed by atoms with van der Waals surface area (Å²) >= 11 is 0. The second kappa shape index (κ2) is 6.97. The van der Waals surface area contributed by atoms with Crippen molar-refractivity contribution in [2.24, 2.45) is 0 Å². The first-order chi connectivity index (χ1) is 14.2. The molecule has 4 aromatic rings. The van der Waals surface area contributed by atoms with Gasteiger partial charge in [-0.3, -0.25) is 9.55 Å². The molecular weight excluding hydrogens is 366 g/mol. The number of nitrogens with zero attached hydrogens (tertiary/aromatic N) is 6. The molecule has 1 fully saturated rings. The molecule has 1 aliphatic heterocycles. The van der Waals surface area contributed by atoms with Gasteiger partial charge in [-0.1, -0.05) is 0 Å². The normalized spacial score (nSPS) is 14.5. The molecule has 3 N–H and O–H groups in total. The number of pyridine rings is 1. The van der Waals surface area contributed by atoms with Gasteiger partial charge in [-0.15, -0.1) is 0 Å². The Hall–Kier alpha value is -3.81. The molecule has 0 atom stereocenters. The van der Waals surface area contributed by atoms with E-state index in [2.05, 4.69) is 19.8 Å². The highest BCUT2D eigenvalue weighted by atomic mass is 16.3. The fraction of sp³-hybridized carbons (Fsp3) is 0.190. The van der Waals surface area contributed by atoms with Gasteiger partial charge in [0, 0.05) is 44.3 Å². The Balaban J connectivity index is 1.42. The predicted octanol–water partition coefficient (Wildman–Crippen LogP) is 2.43. The molecule has 0 radical (unpaired) electrons. The van der Waals surface area contributed by atoms with Gasteiger partial charge < -0.3 is 20.6 Å². The number of phenolic OH excluding ortho intramolecular Hbond substituents is 1. The van der Waals surface area contributed by atoms with Crippen LogP contribution in [0.15, 0.2) is 61.1 Å². The lowest BCUT2D eigenvalue weighted by atomic mass is 10.2. The minimum absolute atomic E-state index is 0.279. The molecule has 3 aromatic heterocycles. The van der Waals surface area contributed by atoms with Crippen molar-refractivity contribution in [1.82, 2.24) is 19.5 Å². The van der Waals surface area contributed by atoms with E-state index in [-0.39, 0.29) is 5.75 Å². The van der Waals surface area contributed by atoms with Crippen molar-refractivity contribution in [1.29, 1.82) is 0 Å². The van der Waals surface area contributed by atoms with Crippen LogP contribution in [0.1, 0.15) is 0 Å². The summed E-state index contributed by atoms with van der Waals surface area (Å²) in [5, 5.41) is 10.3. The summed E-state index contributed by atoms with van der Waals surface area (Å²) in [7, 11) is 0. The number of nitrogen functional groups attached to an aromatic ring is 1. The molecule has 0 unspecified atom stereocenters. The zero-order valence-electron chi connectivity index (χ0n) is 15.8. The standard InChI is InChI=1S/C21H21N7O/c22-19-18-7-9-28(16-2-1-8-23-14-16)20(18)25-21(24-19)27-12-10-26(11-13-27)15-3-5-17(29)6-4-15/h1-9,14,29H,10-13H2,(H2,22,24,25). The van der Waals surface area contributed by atoms with E-state index in [9.17, 15) is 5.11 Å². The van der Waals surface area contributed by atoms with Gasteiger partial charge in [0.2, 0.25) is 5.95 Å². The monoisotopic (exact) mass is 387 g/mol. The molecule has 0 amide bonds. The highest BCUT2D eigenvalue weighted by molar-refractivity contribution is 5.88. The molecule has 8 nitrogen and oxygen atoms in total. The quantitative estimate of drug-likeness (QED) is 0.557. The van der Waals surface area contributed by atoms with Gasteiger partial charge in [0.15, 0.2) is 5.65 Å². The van der Waals surface area contributed by atoms with Crippen molar-refractivity contribution in [3.05, 3.63) is 61.1 Å². The third-order valence-electron chi connectivity index (χ3n) is 5.26. The Labute approximate surface area is 167 Å².